The zero-order valence-corrected chi connectivity index (χ0v) is 10.8. The van der Waals surface area contributed by atoms with E-state index in [4.69, 9.17) is 5.73 Å². The molecule has 0 bridgehead atoms. The Morgan fingerprint density at radius 2 is 2.06 bits per heavy atom. The predicted octanol–water partition coefficient (Wildman–Crippen LogP) is 2.95. The Labute approximate surface area is 105 Å². The molecular formula is C15H24N2. The van der Waals surface area contributed by atoms with Gasteiger partial charge >= 0.3 is 0 Å². The second-order valence-corrected chi connectivity index (χ2v) is 5.03. The second kappa shape index (κ2) is 6.18. The van der Waals surface area contributed by atoms with Gasteiger partial charge in [-0.05, 0) is 37.9 Å². The molecule has 0 radical (unpaired) electrons. The predicted molar refractivity (Wildman–Crippen MR) is 72.9 cm³/mol. The number of nitrogens with zero attached hydrogens (tertiary/aromatic N) is 1. The fourth-order valence-electron chi connectivity index (χ4n) is 2.87. The minimum Gasteiger partial charge on any atom is -0.324 e. The van der Waals surface area contributed by atoms with Crippen molar-refractivity contribution in [3.63, 3.8) is 0 Å². The highest BCUT2D eigenvalue weighted by atomic mass is 15.2. The average Bonchev–Trinajstić information content (AvgIpc) is 2.40. The van der Waals surface area contributed by atoms with Gasteiger partial charge in [-0.25, -0.2) is 0 Å². The van der Waals surface area contributed by atoms with E-state index in [0.29, 0.717) is 6.04 Å². The van der Waals surface area contributed by atoms with Crippen LogP contribution in [-0.4, -0.2) is 24.0 Å². The van der Waals surface area contributed by atoms with Gasteiger partial charge in [-0.2, -0.15) is 0 Å². The number of likely N-dealkylation sites (tertiary alicyclic amines) is 1. The van der Waals surface area contributed by atoms with Crippen LogP contribution in [0, 0.1) is 0 Å². The lowest BCUT2D eigenvalue weighted by molar-refractivity contribution is 0.141. The van der Waals surface area contributed by atoms with E-state index in [1.807, 2.05) is 0 Å². The van der Waals surface area contributed by atoms with Crippen LogP contribution in [0.2, 0.25) is 0 Å². The van der Waals surface area contributed by atoms with E-state index in [-0.39, 0.29) is 6.04 Å². The van der Waals surface area contributed by atoms with Gasteiger partial charge < -0.3 is 10.6 Å². The molecule has 1 fully saturated rings. The van der Waals surface area contributed by atoms with E-state index in [0.717, 1.165) is 13.0 Å². The molecule has 0 aliphatic carbocycles. The second-order valence-electron chi connectivity index (χ2n) is 5.03. The van der Waals surface area contributed by atoms with Crippen LogP contribution in [0.3, 0.4) is 0 Å². The van der Waals surface area contributed by atoms with Crippen molar-refractivity contribution < 1.29 is 0 Å². The van der Waals surface area contributed by atoms with Crippen molar-refractivity contribution in [2.24, 2.45) is 5.73 Å². The van der Waals surface area contributed by atoms with Crippen LogP contribution in [-0.2, 0) is 0 Å². The number of benzene rings is 1. The molecule has 1 aromatic carbocycles. The van der Waals surface area contributed by atoms with E-state index in [1.54, 1.807) is 0 Å². The number of piperidine rings is 1. The molecule has 2 heteroatoms. The monoisotopic (exact) mass is 232 g/mol. The third kappa shape index (κ3) is 3.30. The maximum Gasteiger partial charge on any atom is 0.0309 e. The molecule has 0 spiro atoms. The van der Waals surface area contributed by atoms with Gasteiger partial charge in [0.1, 0.15) is 0 Å². The smallest absolute Gasteiger partial charge is 0.0309 e. The molecule has 1 saturated heterocycles. The zero-order valence-electron chi connectivity index (χ0n) is 10.8. The van der Waals surface area contributed by atoms with Gasteiger partial charge in [-0.1, -0.05) is 43.7 Å². The summed E-state index contributed by atoms with van der Waals surface area (Å²) in [6, 6.07) is 11.4. The zero-order chi connectivity index (χ0) is 12.1. The van der Waals surface area contributed by atoms with Crippen molar-refractivity contribution in [1.29, 1.82) is 0 Å². The Hall–Kier alpha value is -0.860. The normalized spacial score (nSPS) is 23.5. The van der Waals surface area contributed by atoms with Gasteiger partial charge in [0.2, 0.25) is 0 Å². The van der Waals surface area contributed by atoms with Crippen molar-refractivity contribution >= 4 is 0 Å². The van der Waals surface area contributed by atoms with Gasteiger partial charge in [0, 0.05) is 12.1 Å². The highest BCUT2D eigenvalue weighted by Crippen LogP contribution is 2.25. The minimum atomic E-state index is 0.188. The summed E-state index contributed by atoms with van der Waals surface area (Å²) in [4.78, 5) is 2.59. The van der Waals surface area contributed by atoms with Crippen LogP contribution in [0.5, 0.6) is 0 Å². The first-order valence-electron chi connectivity index (χ1n) is 6.86. The van der Waals surface area contributed by atoms with E-state index in [9.17, 15) is 0 Å². The van der Waals surface area contributed by atoms with Crippen molar-refractivity contribution in [1.82, 2.24) is 4.90 Å². The molecule has 17 heavy (non-hydrogen) atoms. The number of hydrogen-bond donors (Lipinski definition) is 1. The van der Waals surface area contributed by atoms with E-state index in [1.165, 1.54) is 31.4 Å². The van der Waals surface area contributed by atoms with Crippen LogP contribution < -0.4 is 5.73 Å². The summed E-state index contributed by atoms with van der Waals surface area (Å²) >= 11 is 0. The Kier molecular flexibility index (Phi) is 4.57. The first-order chi connectivity index (χ1) is 8.31. The highest BCUT2D eigenvalue weighted by Gasteiger charge is 2.23. The quantitative estimate of drug-likeness (QED) is 0.865. The van der Waals surface area contributed by atoms with Gasteiger partial charge in [0.15, 0.2) is 0 Å². The first kappa shape index (κ1) is 12.6. The van der Waals surface area contributed by atoms with E-state index >= 15 is 0 Å². The SMILES string of the molecule is CCN1CCCCC1CC(N)c1ccccc1. The van der Waals surface area contributed by atoms with Crippen LogP contribution in [0.25, 0.3) is 0 Å². The fraction of sp³-hybridized carbons (Fsp3) is 0.600. The summed E-state index contributed by atoms with van der Waals surface area (Å²) in [6.07, 6.45) is 5.12. The third-order valence-corrected chi connectivity index (χ3v) is 3.91. The Balaban J connectivity index is 1.95. The first-order valence-corrected chi connectivity index (χ1v) is 6.86. The van der Waals surface area contributed by atoms with Gasteiger partial charge in [0.05, 0.1) is 0 Å². The number of nitrogens with two attached hydrogens (primary N) is 1. The molecule has 1 aromatic rings. The number of hydrogen-bond acceptors (Lipinski definition) is 2. The molecule has 1 aliphatic rings. The van der Waals surface area contributed by atoms with E-state index in [2.05, 4.69) is 42.2 Å². The summed E-state index contributed by atoms with van der Waals surface area (Å²) in [5, 5.41) is 0. The highest BCUT2D eigenvalue weighted by molar-refractivity contribution is 5.18. The molecule has 94 valence electrons. The average molecular weight is 232 g/mol. The maximum absolute atomic E-state index is 6.32. The molecule has 2 nitrogen and oxygen atoms in total. The van der Waals surface area contributed by atoms with Crippen molar-refractivity contribution in [3.05, 3.63) is 35.9 Å². The molecule has 2 N–H and O–H groups in total. The van der Waals surface area contributed by atoms with Gasteiger partial charge in [-0.15, -0.1) is 0 Å². The summed E-state index contributed by atoms with van der Waals surface area (Å²) < 4.78 is 0. The van der Waals surface area contributed by atoms with Crippen LogP contribution in [0.1, 0.15) is 44.2 Å². The molecule has 2 rings (SSSR count). The van der Waals surface area contributed by atoms with Crippen molar-refractivity contribution in [2.45, 2.75) is 44.7 Å². The van der Waals surface area contributed by atoms with Crippen molar-refractivity contribution in [3.8, 4) is 0 Å². The third-order valence-electron chi connectivity index (χ3n) is 3.91. The molecular weight excluding hydrogens is 208 g/mol. The van der Waals surface area contributed by atoms with Crippen molar-refractivity contribution in [2.75, 3.05) is 13.1 Å². The molecule has 2 unspecified atom stereocenters. The van der Waals surface area contributed by atoms with Gasteiger partial charge in [0.25, 0.3) is 0 Å². The molecule has 2 atom stereocenters. The summed E-state index contributed by atoms with van der Waals surface area (Å²) in [6.45, 7) is 4.67. The summed E-state index contributed by atoms with van der Waals surface area (Å²) in [7, 11) is 0. The number of rotatable bonds is 4. The molecule has 1 aliphatic heterocycles. The van der Waals surface area contributed by atoms with Crippen LogP contribution in [0.4, 0.5) is 0 Å². The lowest BCUT2D eigenvalue weighted by Crippen LogP contribution is -2.41. The molecule has 1 heterocycles. The molecule has 0 saturated carbocycles. The topological polar surface area (TPSA) is 29.3 Å². The Morgan fingerprint density at radius 3 is 2.76 bits per heavy atom. The molecule has 0 amide bonds. The van der Waals surface area contributed by atoms with Crippen LogP contribution >= 0.6 is 0 Å². The van der Waals surface area contributed by atoms with E-state index < -0.39 is 0 Å². The standard InChI is InChI=1S/C15H24N2/c1-2-17-11-7-6-10-14(17)12-15(16)13-8-4-3-5-9-13/h3-5,8-9,14-15H,2,6-7,10-12,16H2,1H3. The maximum atomic E-state index is 6.32. The van der Waals surface area contributed by atoms with Gasteiger partial charge in [-0.3, -0.25) is 0 Å². The molecule has 0 aromatic heterocycles. The lowest BCUT2D eigenvalue weighted by atomic mass is 9.93. The minimum absolute atomic E-state index is 0.188. The summed E-state index contributed by atoms with van der Waals surface area (Å²) in [5.74, 6) is 0. The summed E-state index contributed by atoms with van der Waals surface area (Å²) in [5.41, 5.74) is 7.59. The van der Waals surface area contributed by atoms with Crippen LogP contribution in [0.15, 0.2) is 30.3 Å². The fourth-order valence-corrected chi connectivity index (χ4v) is 2.87. The lowest BCUT2D eigenvalue weighted by Gasteiger charge is -2.36. The Bertz CT molecular complexity index is 323. The Morgan fingerprint density at radius 1 is 1.29 bits per heavy atom. The largest absolute Gasteiger partial charge is 0.324 e.